The SMILES string of the molecule is CCC1CCC(NC(=O)CSC(C)c2nc3ccccc3[nH]2)CC1. The lowest BCUT2D eigenvalue weighted by Crippen LogP contribution is -2.38. The lowest BCUT2D eigenvalue weighted by molar-refractivity contribution is -0.119. The Hall–Kier alpha value is -1.49. The molecule has 0 spiro atoms. The molecule has 1 fully saturated rings. The van der Waals surface area contributed by atoms with Crippen LogP contribution in [0, 0.1) is 5.92 Å². The van der Waals surface area contributed by atoms with E-state index >= 15 is 0 Å². The van der Waals surface area contributed by atoms with Gasteiger partial charge in [0.2, 0.25) is 5.91 Å². The largest absolute Gasteiger partial charge is 0.353 e. The maximum atomic E-state index is 12.2. The van der Waals surface area contributed by atoms with Crippen LogP contribution in [0.15, 0.2) is 24.3 Å². The van der Waals surface area contributed by atoms with Crippen molar-refractivity contribution in [3.05, 3.63) is 30.1 Å². The molecule has 0 bridgehead atoms. The molecule has 130 valence electrons. The highest BCUT2D eigenvalue weighted by atomic mass is 32.2. The molecule has 0 saturated heterocycles. The first-order valence-electron chi connectivity index (χ1n) is 9.01. The standard InChI is InChI=1S/C19H27N3OS/c1-3-14-8-10-15(11-9-14)20-18(23)12-24-13(2)19-21-16-6-4-5-7-17(16)22-19/h4-7,13-15H,3,8-12H2,1-2H3,(H,20,23)(H,21,22). The van der Waals surface area contributed by atoms with Crippen molar-refractivity contribution in [2.45, 2.75) is 57.2 Å². The van der Waals surface area contributed by atoms with Gasteiger partial charge < -0.3 is 10.3 Å². The fourth-order valence-corrected chi connectivity index (χ4v) is 4.18. The van der Waals surface area contributed by atoms with Crippen LogP contribution in [0.4, 0.5) is 0 Å². The minimum Gasteiger partial charge on any atom is -0.353 e. The number of carbonyl (C=O) groups excluding carboxylic acids is 1. The van der Waals surface area contributed by atoms with Crippen molar-refractivity contribution in [2.75, 3.05) is 5.75 Å². The van der Waals surface area contributed by atoms with Crippen LogP contribution in [0.5, 0.6) is 0 Å². The normalized spacial score (nSPS) is 22.4. The minimum atomic E-state index is 0.155. The molecular formula is C19H27N3OS. The van der Waals surface area contributed by atoms with E-state index in [0.29, 0.717) is 11.8 Å². The number of benzene rings is 1. The van der Waals surface area contributed by atoms with E-state index in [1.54, 1.807) is 11.8 Å². The number of carbonyl (C=O) groups is 1. The molecule has 1 unspecified atom stereocenters. The number of nitrogens with zero attached hydrogens (tertiary/aromatic N) is 1. The van der Waals surface area contributed by atoms with Crippen LogP contribution in [-0.4, -0.2) is 27.7 Å². The van der Waals surface area contributed by atoms with Crippen LogP contribution < -0.4 is 5.32 Å². The van der Waals surface area contributed by atoms with Crippen molar-refractivity contribution in [2.24, 2.45) is 5.92 Å². The maximum absolute atomic E-state index is 12.2. The lowest BCUT2D eigenvalue weighted by Gasteiger charge is -2.28. The summed E-state index contributed by atoms with van der Waals surface area (Å²) in [6, 6.07) is 8.41. The third-order valence-corrected chi connectivity index (χ3v) is 6.20. The molecule has 2 aromatic rings. The number of amides is 1. The second kappa shape index (κ2) is 8.06. The Balaban J connectivity index is 1.45. The second-order valence-electron chi connectivity index (χ2n) is 6.79. The summed E-state index contributed by atoms with van der Waals surface area (Å²) < 4.78 is 0. The van der Waals surface area contributed by atoms with Gasteiger partial charge in [0, 0.05) is 6.04 Å². The van der Waals surface area contributed by atoms with Crippen LogP contribution in [0.2, 0.25) is 0 Å². The average molecular weight is 346 g/mol. The lowest BCUT2D eigenvalue weighted by atomic mass is 9.84. The molecule has 1 aliphatic rings. The van der Waals surface area contributed by atoms with Gasteiger partial charge in [0.25, 0.3) is 0 Å². The Labute approximate surface area is 148 Å². The van der Waals surface area contributed by atoms with Gasteiger partial charge in [0.15, 0.2) is 0 Å². The van der Waals surface area contributed by atoms with Gasteiger partial charge in [-0.15, -0.1) is 11.8 Å². The first-order chi connectivity index (χ1) is 11.7. The predicted octanol–water partition coefficient (Wildman–Crippen LogP) is 4.44. The summed E-state index contributed by atoms with van der Waals surface area (Å²) in [7, 11) is 0. The Morgan fingerprint density at radius 2 is 2.08 bits per heavy atom. The Morgan fingerprint density at radius 1 is 1.33 bits per heavy atom. The molecule has 24 heavy (non-hydrogen) atoms. The van der Waals surface area contributed by atoms with Crippen molar-refractivity contribution in [3.8, 4) is 0 Å². The van der Waals surface area contributed by atoms with E-state index in [0.717, 1.165) is 35.6 Å². The number of rotatable bonds is 6. The molecule has 2 N–H and O–H groups in total. The van der Waals surface area contributed by atoms with Crippen LogP contribution in [-0.2, 0) is 4.79 Å². The van der Waals surface area contributed by atoms with E-state index in [4.69, 9.17) is 0 Å². The Kier molecular flexibility index (Phi) is 5.82. The molecule has 0 radical (unpaired) electrons. The molecule has 1 aliphatic carbocycles. The fourth-order valence-electron chi connectivity index (χ4n) is 3.43. The number of hydrogen-bond acceptors (Lipinski definition) is 3. The number of imidazole rings is 1. The summed E-state index contributed by atoms with van der Waals surface area (Å²) in [6.45, 7) is 4.36. The van der Waals surface area contributed by atoms with Crippen LogP contribution in [0.3, 0.4) is 0 Å². The zero-order valence-electron chi connectivity index (χ0n) is 14.5. The third kappa shape index (κ3) is 4.32. The van der Waals surface area contributed by atoms with E-state index in [2.05, 4.69) is 29.1 Å². The number of thioether (sulfide) groups is 1. The van der Waals surface area contributed by atoms with Crippen molar-refractivity contribution in [1.82, 2.24) is 15.3 Å². The maximum Gasteiger partial charge on any atom is 0.230 e. The zero-order chi connectivity index (χ0) is 16.9. The van der Waals surface area contributed by atoms with Crippen LogP contribution in [0.1, 0.15) is 57.0 Å². The van der Waals surface area contributed by atoms with E-state index in [1.165, 1.54) is 19.3 Å². The van der Waals surface area contributed by atoms with Crippen molar-refractivity contribution in [3.63, 3.8) is 0 Å². The van der Waals surface area contributed by atoms with Gasteiger partial charge in [0.05, 0.1) is 22.0 Å². The molecule has 1 aromatic heterocycles. The number of hydrogen-bond donors (Lipinski definition) is 2. The highest BCUT2D eigenvalue weighted by molar-refractivity contribution is 8.00. The topological polar surface area (TPSA) is 57.8 Å². The highest BCUT2D eigenvalue weighted by Crippen LogP contribution is 2.29. The molecule has 1 aromatic carbocycles. The van der Waals surface area contributed by atoms with Gasteiger partial charge in [-0.2, -0.15) is 0 Å². The summed E-state index contributed by atoms with van der Waals surface area (Å²) >= 11 is 1.64. The number of para-hydroxylation sites is 2. The van der Waals surface area contributed by atoms with Crippen molar-refractivity contribution < 1.29 is 4.79 Å². The monoisotopic (exact) mass is 345 g/mol. The number of nitrogens with one attached hydrogen (secondary N) is 2. The third-order valence-electron chi connectivity index (χ3n) is 5.05. The van der Waals surface area contributed by atoms with Crippen molar-refractivity contribution in [1.29, 1.82) is 0 Å². The smallest absolute Gasteiger partial charge is 0.230 e. The van der Waals surface area contributed by atoms with E-state index in [9.17, 15) is 4.79 Å². The second-order valence-corrected chi connectivity index (χ2v) is 8.11. The predicted molar refractivity (Wildman–Crippen MR) is 101 cm³/mol. The summed E-state index contributed by atoms with van der Waals surface area (Å²) in [5.41, 5.74) is 2.04. The molecule has 1 amide bonds. The van der Waals surface area contributed by atoms with Gasteiger partial charge in [-0.05, 0) is 50.7 Å². The fraction of sp³-hybridized carbons (Fsp3) is 0.579. The molecule has 0 aliphatic heterocycles. The molecule has 4 nitrogen and oxygen atoms in total. The molecular weight excluding hydrogens is 318 g/mol. The van der Waals surface area contributed by atoms with Crippen LogP contribution in [0.25, 0.3) is 11.0 Å². The van der Waals surface area contributed by atoms with E-state index < -0.39 is 0 Å². The van der Waals surface area contributed by atoms with Gasteiger partial charge in [-0.1, -0.05) is 25.5 Å². The number of H-pyrrole nitrogens is 1. The quantitative estimate of drug-likeness (QED) is 0.813. The molecule has 1 atom stereocenters. The van der Waals surface area contributed by atoms with Crippen LogP contribution >= 0.6 is 11.8 Å². The highest BCUT2D eigenvalue weighted by Gasteiger charge is 2.21. The molecule has 1 heterocycles. The van der Waals surface area contributed by atoms with Crippen molar-refractivity contribution >= 4 is 28.7 Å². The molecule has 5 heteroatoms. The zero-order valence-corrected chi connectivity index (χ0v) is 15.4. The number of aromatic nitrogens is 2. The first-order valence-corrected chi connectivity index (χ1v) is 10.1. The Bertz CT molecular complexity index is 643. The van der Waals surface area contributed by atoms with Gasteiger partial charge in [-0.3, -0.25) is 4.79 Å². The van der Waals surface area contributed by atoms with Gasteiger partial charge >= 0.3 is 0 Å². The Morgan fingerprint density at radius 3 is 2.79 bits per heavy atom. The van der Waals surface area contributed by atoms with E-state index in [-0.39, 0.29) is 11.2 Å². The van der Waals surface area contributed by atoms with Gasteiger partial charge in [-0.25, -0.2) is 4.98 Å². The summed E-state index contributed by atoms with van der Waals surface area (Å²) in [5.74, 6) is 2.45. The summed E-state index contributed by atoms with van der Waals surface area (Å²) in [6.07, 6.45) is 6.04. The molecule has 3 rings (SSSR count). The summed E-state index contributed by atoms with van der Waals surface area (Å²) in [5, 5.41) is 3.39. The number of fused-ring (bicyclic) bond motifs is 1. The average Bonchev–Trinajstić information content (AvgIpc) is 3.04. The molecule has 1 saturated carbocycles. The number of aromatic amines is 1. The first kappa shape index (κ1) is 17.3. The summed E-state index contributed by atoms with van der Waals surface area (Å²) in [4.78, 5) is 20.2. The van der Waals surface area contributed by atoms with Gasteiger partial charge in [0.1, 0.15) is 5.82 Å². The van der Waals surface area contributed by atoms with E-state index in [1.807, 2.05) is 24.3 Å². The minimum absolute atomic E-state index is 0.155.